The van der Waals surface area contributed by atoms with Crippen molar-refractivity contribution in [2.75, 3.05) is 11.9 Å². The van der Waals surface area contributed by atoms with E-state index in [0.29, 0.717) is 11.7 Å². The smallest absolute Gasteiger partial charge is 0.370 e. The standard InChI is InChI=1S/C11H13F3N6S/c1-3-4-15-7-5-8(19-9(18-7)11(12,13)14)21-10-16-6-17-20(10)2/h5-6H,3-4H2,1-2H3,(H,15,18,19). The maximum Gasteiger partial charge on any atom is 0.451 e. The van der Waals surface area contributed by atoms with Crippen LogP contribution in [0.25, 0.3) is 0 Å². The lowest BCUT2D eigenvalue weighted by Gasteiger charge is -2.10. The highest BCUT2D eigenvalue weighted by atomic mass is 32.2. The van der Waals surface area contributed by atoms with E-state index in [-0.39, 0.29) is 10.8 Å². The van der Waals surface area contributed by atoms with Crippen LogP contribution in [0.2, 0.25) is 0 Å². The van der Waals surface area contributed by atoms with Gasteiger partial charge in [-0.3, -0.25) is 0 Å². The first-order chi connectivity index (χ1) is 9.90. The molecule has 6 nitrogen and oxygen atoms in total. The van der Waals surface area contributed by atoms with Gasteiger partial charge in [-0.25, -0.2) is 19.6 Å². The summed E-state index contributed by atoms with van der Waals surface area (Å²) < 4.78 is 40.0. The number of halogens is 3. The first-order valence-electron chi connectivity index (χ1n) is 6.12. The van der Waals surface area contributed by atoms with Crippen LogP contribution >= 0.6 is 11.8 Å². The van der Waals surface area contributed by atoms with Crippen LogP contribution in [0.5, 0.6) is 0 Å². The highest BCUT2D eigenvalue weighted by Crippen LogP contribution is 2.31. The van der Waals surface area contributed by atoms with Crippen molar-refractivity contribution < 1.29 is 13.2 Å². The molecule has 0 fully saturated rings. The molecule has 2 aromatic heterocycles. The SMILES string of the molecule is CCCNc1cc(Sc2ncnn2C)nc(C(F)(F)F)n1. The fourth-order valence-corrected chi connectivity index (χ4v) is 2.19. The summed E-state index contributed by atoms with van der Waals surface area (Å²) in [7, 11) is 1.65. The minimum Gasteiger partial charge on any atom is -0.370 e. The zero-order chi connectivity index (χ0) is 15.5. The van der Waals surface area contributed by atoms with Crippen molar-refractivity contribution in [1.82, 2.24) is 24.7 Å². The van der Waals surface area contributed by atoms with E-state index in [1.54, 1.807) is 7.05 Å². The number of nitrogens with one attached hydrogen (secondary N) is 1. The minimum absolute atomic E-state index is 0.142. The first kappa shape index (κ1) is 15.5. The maximum absolute atomic E-state index is 12.8. The van der Waals surface area contributed by atoms with Crippen molar-refractivity contribution in [2.24, 2.45) is 7.05 Å². The fraction of sp³-hybridized carbons (Fsp3) is 0.455. The van der Waals surface area contributed by atoms with Gasteiger partial charge in [0.05, 0.1) is 0 Å². The molecule has 21 heavy (non-hydrogen) atoms. The Morgan fingerprint density at radius 2 is 2.10 bits per heavy atom. The van der Waals surface area contributed by atoms with Crippen LogP contribution in [0, 0.1) is 0 Å². The third-order valence-electron chi connectivity index (χ3n) is 2.38. The second-order valence-electron chi connectivity index (χ2n) is 4.11. The molecule has 0 unspecified atom stereocenters. The van der Waals surface area contributed by atoms with Crippen molar-refractivity contribution in [1.29, 1.82) is 0 Å². The van der Waals surface area contributed by atoms with Crippen molar-refractivity contribution in [3.05, 3.63) is 18.2 Å². The molecule has 10 heteroatoms. The number of aromatic nitrogens is 5. The Morgan fingerprint density at radius 1 is 1.33 bits per heavy atom. The highest BCUT2D eigenvalue weighted by Gasteiger charge is 2.35. The van der Waals surface area contributed by atoms with Crippen LogP contribution in [0.1, 0.15) is 19.2 Å². The second-order valence-corrected chi connectivity index (χ2v) is 5.10. The summed E-state index contributed by atoms with van der Waals surface area (Å²) >= 11 is 0.997. The molecule has 0 aromatic carbocycles. The summed E-state index contributed by atoms with van der Waals surface area (Å²) in [6.07, 6.45) is -2.50. The molecule has 0 amide bonds. The number of hydrogen-bond donors (Lipinski definition) is 1. The van der Waals surface area contributed by atoms with E-state index < -0.39 is 12.0 Å². The number of aryl methyl sites for hydroxylation is 1. The lowest BCUT2D eigenvalue weighted by atomic mass is 10.4. The Bertz CT molecular complexity index is 612. The lowest BCUT2D eigenvalue weighted by Crippen LogP contribution is -2.14. The van der Waals surface area contributed by atoms with Crippen LogP contribution in [0.15, 0.2) is 22.6 Å². The van der Waals surface area contributed by atoms with Gasteiger partial charge in [-0.2, -0.15) is 18.3 Å². The monoisotopic (exact) mass is 318 g/mol. The Hall–Kier alpha value is -1.84. The van der Waals surface area contributed by atoms with Crippen molar-refractivity contribution >= 4 is 17.6 Å². The third kappa shape index (κ3) is 4.06. The highest BCUT2D eigenvalue weighted by molar-refractivity contribution is 7.99. The molecule has 2 aromatic rings. The number of rotatable bonds is 5. The van der Waals surface area contributed by atoms with Gasteiger partial charge in [0, 0.05) is 19.7 Å². The van der Waals surface area contributed by atoms with Crippen LogP contribution in [-0.2, 0) is 13.2 Å². The number of nitrogens with zero attached hydrogens (tertiary/aromatic N) is 5. The summed E-state index contributed by atoms with van der Waals surface area (Å²) in [5.74, 6) is -1.03. The van der Waals surface area contributed by atoms with Gasteiger partial charge < -0.3 is 5.32 Å². The average molecular weight is 318 g/mol. The van der Waals surface area contributed by atoms with Crippen molar-refractivity contribution in [3.63, 3.8) is 0 Å². The van der Waals surface area contributed by atoms with E-state index in [1.165, 1.54) is 17.1 Å². The topological polar surface area (TPSA) is 68.5 Å². The van der Waals surface area contributed by atoms with Crippen molar-refractivity contribution in [3.8, 4) is 0 Å². The largest absolute Gasteiger partial charge is 0.451 e. The molecule has 0 aliphatic heterocycles. The molecule has 0 spiro atoms. The zero-order valence-electron chi connectivity index (χ0n) is 11.3. The third-order valence-corrected chi connectivity index (χ3v) is 3.35. The molecule has 2 heterocycles. The van der Waals surface area contributed by atoms with E-state index >= 15 is 0 Å². The van der Waals surface area contributed by atoms with Gasteiger partial charge in [-0.05, 0) is 18.2 Å². The van der Waals surface area contributed by atoms with Gasteiger partial charge in [0.25, 0.3) is 0 Å². The molecule has 0 saturated heterocycles. The molecule has 0 saturated carbocycles. The molecule has 1 N–H and O–H groups in total. The molecule has 2 rings (SSSR count). The van der Waals surface area contributed by atoms with Gasteiger partial charge in [0.2, 0.25) is 5.82 Å². The Kier molecular flexibility index (Phi) is 4.66. The molecule has 0 atom stereocenters. The van der Waals surface area contributed by atoms with E-state index in [0.717, 1.165) is 18.2 Å². The average Bonchev–Trinajstić information content (AvgIpc) is 2.81. The van der Waals surface area contributed by atoms with Crippen LogP contribution in [0.3, 0.4) is 0 Å². The fourth-order valence-electron chi connectivity index (χ4n) is 1.42. The molecule has 114 valence electrons. The summed E-state index contributed by atoms with van der Waals surface area (Å²) in [6, 6.07) is 1.46. The second kappa shape index (κ2) is 6.29. The van der Waals surface area contributed by atoms with Crippen molar-refractivity contribution in [2.45, 2.75) is 29.7 Å². The summed E-state index contributed by atoms with van der Waals surface area (Å²) in [4.78, 5) is 11.0. The van der Waals surface area contributed by atoms with Crippen LogP contribution in [-0.4, -0.2) is 31.3 Å². The Morgan fingerprint density at radius 3 is 2.67 bits per heavy atom. The maximum atomic E-state index is 12.8. The lowest BCUT2D eigenvalue weighted by molar-refractivity contribution is -0.145. The number of alkyl halides is 3. The van der Waals surface area contributed by atoms with E-state index in [1.807, 2.05) is 6.92 Å². The molecule has 0 aliphatic carbocycles. The van der Waals surface area contributed by atoms with Gasteiger partial charge >= 0.3 is 6.18 Å². The molecule has 0 aliphatic rings. The normalized spacial score (nSPS) is 11.7. The number of anilines is 1. The van der Waals surface area contributed by atoms with Gasteiger partial charge in [-0.1, -0.05) is 6.92 Å². The molecule has 0 bridgehead atoms. The first-order valence-corrected chi connectivity index (χ1v) is 6.93. The Labute approximate surface area is 123 Å². The van der Waals surface area contributed by atoms with Crippen LogP contribution < -0.4 is 5.32 Å². The van der Waals surface area contributed by atoms with E-state index in [9.17, 15) is 13.2 Å². The predicted octanol–water partition coefficient (Wildman–Crippen LogP) is 2.60. The molecule has 0 radical (unpaired) electrons. The summed E-state index contributed by atoms with van der Waals surface area (Å²) in [5, 5.41) is 7.30. The minimum atomic E-state index is -4.60. The predicted molar refractivity (Wildman–Crippen MR) is 70.9 cm³/mol. The quantitative estimate of drug-likeness (QED) is 0.855. The van der Waals surface area contributed by atoms with E-state index in [2.05, 4.69) is 25.4 Å². The molecular weight excluding hydrogens is 305 g/mol. The van der Waals surface area contributed by atoms with Gasteiger partial charge in [0.15, 0.2) is 5.16 Å². The Balaban J connectivity index is 2.33. The van der Waals surface area contributed by atoms with Gasteiger partial charge in [-0.15, -0.1) is 0 Å². The van der Waals surface area contributed by atoms with Crippen LogP contribution in [0.4, 0.5) is 19.0 Å². The van der Waals surface area contributed by atoms with Gasteiger partial charge in [0.1, 0.15) is 17.2 Å². The van der Waals surface area contributed by atoms with E-state index in [4.69, 9.17) is 0 Å². The summed E-state index contributed by atoms with van der Waals surface area (Å²) in [5.41, 5.74) is 0. The zero-order valence-corrected chi connectivity index (χ0v) is 12.2. The number of hydrogen-bond acceptors (Lipinski definition) is 6. The molecular formula is C11H13F3N6S. The summed E-state index contributed by atoms with van der Waals surface area (Å²) in [6.45, 7) is 2.44.